The van der Waals surface area contributed by atoms with Gasteiger partial charge >= 0.3 is 18.3 Å². The van der Waals surface area contributed by atoms with Gasteiger partial charge in [-0.05, 0) is 47.4 Å². The second kappa shape index (κ2) is 13.1. The van der Waals surface area contributed by atoms with Crippen LogP contribution in [0, 0.1) is 6.92 Å². The SMILES string of the molecule is Cc1ccc(Oc2nc3nc(-c4ccc(-c5ccc(CN6CC(OCCOC(F)(F)F)C6)cc5)cc4)c(Cl)cc3[nH]2)cc1C(=O)O. The highest BCUT2D eigenvalue weighted by molar-refractivity contribution is 6.33. The number of aromatic carboxylic acids is 1. The second-order valence-corrected chi connectivity index (χ2v) is 11.3. The molecule has 1 aliphatic heterocycles. The quantitative estimate of drug-likeness (QED) is 0.141. The van der Waals surface area contributed by atoms with Crippen molar-refractivity contribution in [3.8, 4) is 34.1 Å². The molecular formula is C33H28ClF3N4O5. The van der Waals surface area contributed by atoms with Crippen molar-refractivity contribution in [1.29, 1.82) is 0 Å². The maximum Gasteiger partial charge on any atom is 0.522 e. The number of carboxylic acids is 1. The molecule has 1 aliphatic rings. The van der Waals surface area contributed by atoms with Gasteiger partial charge in [0.25, 0.3) is 0 Å². The zero-order valence-corrected chi connectivity index (χ0v) is 25.2. The number of halogens is 4. The van der Waals surface area contributed by atoms with E-state index in [1.807, 2.05) is 36.4 Å². The number of fused-ring (bicyclic) bond motifs is 1. The molecule has 1 fully saturated rings. The number of nitrogens with zero attached hydrogens (tertiary/aromatic N) is 3. The predicted molar refractivity (Wildman–Crippen MR) is 165 cm³/mol. The molecule has 2 N–H and O–H groups in total. The van der Waals surface area contributed by atoms with E-state index >= 15 is 0 Å². The molecule has 9 nitrogen and oxygen atoms in total. The normalized spacial score (nSPS) is 14.0. The summed E-state index contributed by atoms with van der Waals surface area (Å²) >= 11 is 6.59. The number of hydrogen-bond acceptors (Lipinski definition) is 7. The van der Waals surface area contributed by atoms with Crippen LogP contribution in [-0.2, 0) is 16.0 Å². The van der Waals surface area contributed by atoms with Crippen molar-refractivity contribution < 1.29 is 37.3 Å². The minimum atomic E-state index is -4.63. The molecule has 46 heavy (non-hydrogen) atoms. The average molecular weight is 653 g/mol. The Morgan fingerprint density at radius 3 is 2.33 bits per heavy atom. The lowest BCUT2D eigenvalue weighted by Crippen LogP contribution is -2.51. The smallest absolute Gasteiger partial charge is 0.478 e. The fourth-order valence-electron chi connectivity index (χ4n) is 5.16. The number of aromatic amines is 1. The molecule has 1 saturated heterocycles. The molecular weight excluding hydrogens is 625 g/mol. The number of benzene rings is 3. The van der Waals surface area contributed by atoms with Crippen molar-refractivity contribution >= 4 is 28.7 Å². The third-order valence-electron chi connectivity index (χ3n) is 7.54. The number of nitrogens with one attached hydrogen (secondary N) is 1. The third-order valence-corrected chi connectivity index (χ3v) is 7.83. The number of H-pyrrole nitrogens is 1. The summed E-state index contributed by atoms with van der Waals surface area (Å²) in [6.07, 6.45) is -4.72. The fourth-order valence-corrected chi connectivity index (χ4v) is 5.42. The van der Waals surface area contributed by atoms with Crippen LogP contribution in [0.1, 0.15) is 21.5 Å². The van der Waals surface area contributed by atoms with E-state index in [9.17, 15) is 23.1 Å². The molecule has 6 rings (SSSR count). The number of alkyl halides is 3. The van der Waals surface area contributed by atoms with Gasteiger partial charge in [-0.1, -0.05) is 66.2 Å². The van der Waals surface area contributed by atoms with Crippen LogP contribution in [-0.4, -0.2) is 69.7 Å². The van der Waals surface area contributed by atoms with E-state index in [-0.39, 0.29) is 24.3 Å². The molecule has 0 unspecified atom stereocenters. The number of pyridine rings is 1. The Bertz CT molecular complexity index is 1860. The maximum absolute atomic E-state index is 12.0. The van der Waals surface area contributed by atoms with Crippen LogP contribution >= 0.6 is 11.6 Å². The average Bonchev–Trinajstić information content (AvgIpc) is 3.39. The van der Waals surface area contributed by atoms with Crippen LogP contribution in [0.3, 0.4) is 0 Å². The standard InChI is InChI=1S/C33H28ClF3N4O5/c1-19-2-11-24(14-26(19)31(42)43)46-32-38-28-15-27(34)29(39-30(28)40-32)23-9-7-22(8-10-23)21-5-3-20(4-6-21)16-41-17-25(18-41)44-12-13-45-33(35,36)37/h2-11,14-15,25H,12-13,16-18H2,1H3,(H,42,43)(H,38,39,40). The number of imidazole rings is 1. The summed E-state index contributed by atoms with van der Waals surface area (Å²) in [5, 5.41) is 9.81. The molecule has 0 bridgehead atoms. The molecule has 0 atom stereocenters. The number of ether oxygens (including phenoxy) is 3. The van der Waals surface area contributed by atoms with E-state index in [2.05, 4.69) is 36.7 Å². The van der Waals surface area contributed by atoms with Crippen molar-refractivity contribution in [2.75, 3.05) is 26.3 Å². The van der Waals surface area contributed by atoms with Gasteiger partial charge in [0.05, 0.1) is 41.1 Å². The van der Waals surface area contributed by atoms with Gasteiger partial charge < -0.3 is 19.6 Å². The van der Waals surface area contributed by atoms with Crippen LogP contribution in [0.4, 0.5) is 13.2 Å². The van der Waals surface area contributed by atoms with E-state index in [1.54, 1.807) is 25.1 Å². The summed E-state index contributed by atoms with van der Waals surface area (Å²) in [5.41, 5.74) is 6.27. The summed E-state index contributed by atoms with van der Waals surface area (Å²) in [6, 6.07) is 22.7. The first kappa shape index (κ1) is 31.5. The minimum absolute atomic E-state index is 0.0885. The van der Waals surface area contributed by atoms with Crippen LogP contribution in [0.25, 0.3) is 33.5 Å². The van der Waals surface area contributed by atoms with Crippen LogP contribution in [0.2, 0.25) is 5.02 Å². The Balaban J connectivity index is 1.06. The lowest BCUT2D eigenvalue weighted by molar-refractivity contribution is -0.328. The number of carboxylic acid groups (broad SMARTS) is 1. The summed E-state index contributed by atoms with van der Waals surface area (Å²) < 4.78 is 51.0. The van der Waals surface area contributed by atoms with Gasteiger partial charge in [0.1, 0.15) is 5.75 Å². The summed E-state index contributed by atoms with van der Waals surface area (Å²) in [6.45, 7) is 3.16. The highest BCUT2D eigenvalue weighted by Gasteiger charge is 2.30. The summed E-state index contributed by atoms with van der Waals surface area (Å²) in [4.78, 5) is 25.7. The number of likely N-dealkylation sites (tertiary alicyclic amines) is 1. The number of aryl methyl sites for hydroxylation is 1. The molecule has 5 aromatic rings. The van der Waals surface area contributed by atoms with E-state index in [4.69, 9.17) is 21.1 Å². The van der Waals surface area contributed by atoms with Gasteiger partial charge in [0.15, 0.2) is 5.65 Å². The zero-order valence-electron chi connectivity index (χ0n) is 24.5. The first-order valence-corrected chi connectivity index (χ1v) is 14.7. The molecule has 13 heteroatoms. The first-order valence-electron chi connectivity index (χ1n) is 14.3. The Hall–Kier alpha value is -4.49. The van der Waals surface area contributed by atoms with Gasteiger partial charge in [0.2, 0.25) is 0 Å². The van der Waals surface area contributed by atoms with Crippen LogP contribution in [0.15, 0.2) is 72.8 Å². The van der Waals surface area contributed by atoms with E-state index in [0.29, 0.717) is 46.3 Å². The predicted octanol–water partition coefficient (Wildman–Crippen LogP) is 7.48. The number of carbonyl (C=O) groups is 1. The first-order chi connectivity index (χ1) is 22.0. The molecule has 3 heterocycles. The van der Waals surface area contributed by atoms with Crippen molar-refractivity contribution in [3.63, 3.8) is 0 Å². The van der Waals surface area contributed by atoms with Crippen molar-refractivity contribution in [2.24, 2.45) is 0 Å². The lowest BCUT2D eigenvalue weighted by Gasteiger charge is -2.39. The van der Waals surface area contributed by atoms with Crippen molar-refractivity contribution in [3.05, 3.63) is 94.5 Å². The largest absolute Gasteiger partial charge is 0.522 e. The van der Waals surface area contributed by atoms with Gasteiger partial charge in [-0.3, -0.25) is 9.64 Å². The molecule has 0 spiro atoms. The van der Waals surface area contributed by atoms with Crippen LogP contribution in [0.5, 0.6) is 11.8 Å². The van der Waals surface area contributed by atoms with Gasteiger partial charge in [-0.2, -0.15) is 4.98 Å². The Morgan fingerprint density at radius 2 is 1.65 bits per heavy atom. The summed E-state index contributed by atoms with van der Waals surface area (Å²) in [7, 11) is 0. The number of rotatable bonds is 11. The fraction of sp³-hybridized carbons (Fsp3) is 0.242. The van der Waals surface area contributed by atoms with Crippen LogP contribution < -0.4 is 4.74 Å². The molecule has 0 amide bonds. The van der Waals surface area contributed by atoms with E-state index in [0.717, 1.165) is 28.8 Å². The van der Waals surface area contributed by atoms with Crippen molar-refractivity contribution in [2.45, 2.75) is 25.9 Å². The van der Waals surface area contributed by atoms with Gasteiger partial charge in [0, 0.05) is 25.2 Å². The van der Waals surface area contributed by atoms with Gasteiger partial charge in [-0.25, -0.2) is 9.78 Å². The molecule has 0 radical (unpaired) electrons. The molecule has 0 saturated carbocycles. The molecule has 238 valence electrons. The topological polar surface area (TPSA) is 110 Å². The second-order valence-electron chi connectivity index (χ2n) is 10.9. The summed E-state index contributed by atoms with van der Waals surface area (Å²) in [5.74, 6) is -0.715. The Kier molecular flexibility index (Phi) is 8.96. The minimum Gasteiger partial charge on any atom is -0.478 e. The molecule has 2 aromatic heterocycles. The Labute approximate surface area is 266 Å². The lowest BCUT2D eigenvalue weighted by atomic mass is 10.0. The maximum atomic E-state index is 12.0. The number of hydrogen-bond donors (Lipinski definition) is 2. The third kappa shape index (κ3) is 7.48. The van der Waals surface area contributed by atoms with E-state index in [1.165, 1.54) is 6.07 Å². The molecule has 3 aromatic carbocycles. The Morgan fingerprint density at radius 1 is 0.978 bits per heavy atom. The van der Waals surface area contributed by atoms with Crippen molar-refractivity contribution in [1.82, 2.24) is 19.9 Å². The highest BCUT2D eigenvalue weighted by atomic mass is 35.5. The highest BCUT2D eigenvalue weighted by Crippen LogP contribution is 2.32. The number of aromatic nitrogens is 3. The van der Waals surface area contributed by atoms with Gasteiger partial charge in [-0.15, -0.1) is 13.2 Å². The van der Waals surface area contributed by atoms with E-state index < -0.39 is 18.9 Å². The zero-order chi connectivity index (χ0) is 32.4. The molecule has 0 aliphatic carbocycles. The monoisotopic (exact) mass is 652 g/mol.